The summed E-state index contributed by atoms with van der Waals surface area (Å²) in [6, 6.07) is 11.1. The average Bonchev–Trinajstić information content (AvgIpc) is 2.42. The minimum Gasteiger partial charge on any atom is -0.624 e. The van der Waals surface area contributed by atoms with E-state index in [9.17, 15) is 5.21 Å². The number of nitrogens with zero attached hydrogens (tertiary/aromatic N) is 1. The van der Waals surface area contributed by atoms with Gasteiger partial charge in [-0.1, -0.05) is 76.0 Å². The molecule has 0 aliphatic heterocycles. The zero-order chi connectivity index (χ0) is 16.6. The zero-order valence-corrected chi connectivity index (χ0v) is 15.8. The molecule has 0 N–H and O–H groups in total. The first-order chi connectivity index (χ1) is 10.2. The molecule has 0 unspecified atom stereocenters. The van der Waals surface area contributed by atoms with Crippen LogP contribution >= 0.6 is 0 Å². The summed E-state index contributed by atoms with van der Waals surface area (Å²) >= 11 is 0. The lowest BCUT2D eigenvalue weighted by molar-refractivity contribution is -0.471. The van der Waals surface area contributed by atoms with Crippen molar-refractivity contribution in [2.45, 2.75) is 58.9 Å². The molecule has 0 aliphatic carbocycles. The van der Waals surface area contributed by atoms with Gasteiger partial charge in [0, 0.05) is 20.1 Å². The van der Waals surface area contributed by atoms with Crippen LogP contribution in [0.5, 0.6) is 0 Å². The molecule has 0 aliphatic rings. The molecule has 3 heteroatoms. The topological polar surface area (TPSA) is 26.1 Å². The zero-order valence-electron chi connectivity index (χ0n) is 14.8. The summed E-state index contributed by atoms with van der Waals surface area (Å²) in [4.78, 5) is 0. The highest BCUT2D eigenvalue weighted by atomic mass is 28.3. The van der Waals surface area contributed by atoms with Gasteiger partial charge in [-0.3, -0.25) is 0 Å². The highest BCUT2D eigenvalue weighted by Gasteiger charge is 2.17. The molecule has 1 rings (SSSR count). The fourth-order valence-electron chi connectivity index (χ4n) is 2.10. The molecule has 0 atom stereocenters. The number of benzene rings is 1. The maximum atomic E-state index is 12.0. The Bertz CT molecular complexity index is 498. The van der Waals surface area contributed by atoms with E-state index in [0.29, 0.717) is 6.54 Å². The van der Waals surface area contributed by atoms with Crippen molar-refractivity contribution in [3.63, 3.8) is 0 Å². The Morgan fingerprint density at radius 1 is 1.05 bits per heavy atom. The minimum atomic E-state index is -0.986. The summed E-state index contributed by atoms with van der Waals surface area (Å²) < 4.78 is 1.06. The van der Waals surface area contributed by atoms with E-state index in [-0.39, 0.29) is 5.41 Å². The van der Waals surface area contributed by atoms with E-state index in [4.69, 9.17) is 0 Å². The van der Waals surface area contributed by atoms with Gasteiger partial charge >= 0.3 is 0 Å². The minimum absolute atomic E-state index is 0.134. The predicted molar refractivity (Wildman–Crippen MR) is 100 cm³/mol. The Kier molecular flexibility index (Phi) is 7.07. The summed E-state index contributed by atoms with van der Waals surface area (Å²) in [5, 5.41) is 12.0. The van der Waals surface area contributed by atoms with Crippen LogP contribution in [-0.4, -0.2) is 19.0 Å². The molecule has 0 fully saturated rings. The van der Waals surface area contributed by atoms with E-state index in [0.717, 1.165) is 23.1 Å². The van der Waals surface area contributed by atoms with Crippen LogP contribution in [0.3, 0.4) is 0 Å². The van der Waals surface area contributed by atoms with E-state index in [2.05, 4.69) is 45.6 Å². The normalized spacial score (nSPS) is 13.8. The largest absolute Gasteiger partial charge is 0.624 e. The molecular weight excluding hydrogens is 286 g/mol. The summed E-state index contributed by atoms with van der Waals surface area (Å²) in [6.45, 7) is 12.0. The molecule has 0 bridgehead atoms. The first-order valence-corrected chi connectivity index (χ1v) is 11.8. The molecule has 0 saturated heterocycles. The lowest BCUT2D eigenvalue weighted by atomic mass is 9.86. The number of allylic oxidation sites excluding steroid dienone is 2. The Morgan fingerprint density at radius 2 is 1.68 bits per heavy atom. The summed E-state index contributed by atoms with van der Waals surface area (Å²) in [6.07, 6.45) is 8.23. The standard InChI is InChI=1S/C19H31NOSi/c1-19(2,13-9-10-16-22(3,4)5)14-15-20(21)17-18-11-7-6-8-12-18/h6-12,15H,13-14,16-17H2,1-5H3/b10-9+,20-15-. The molecule has 22 heavy (non-hydrogen) atoms. The molecule has 0 heterocycles. The molecule has 0 saturated carbocycles. The smallest absolute Gasteiger partial charge is 0.178 e. The van der Waals surface area contributed by atoms with Crippen molar-refractivity contribution in [3.05, 3.63) is 53.3 Å². The Labute approximate surface area is 137 Å². The summed E-state index contributed by atoms with van der Waals surface area (Å²) in [5.41, 5.74) is 1.19. The second kappa shape index (κ2) is 8.32. The molecule has 122 valence electrons. The Hall–Kier alpha value is -1.35. The van der Waals surface area contributed by atoms with Crippen LogP contribution in [-0.2, 0) is 6.54 Å². The van der Waals surface area contributed by atoms with Gasteiger partial charge in [-0.2, -0.15) is 0 Å². The van der Waals surface area contributed by atoms with Crippen molar-refractivity contribution in [3.8, 4) is 0 Å². The number of hydrogen-bond acceptors (Lipinski definition) is 1. The van der Waals surface area contributed by atoms with Crippen LogP contribution < -0.4 is 0 Å². The van der Waals surface area contributed by atoms with Crippen molar-refractivity contribution in [1.29, 1.82) is 0 Å². The number of rotatable bonds is 8. The Balaban J connectivity index is 2.45. The lowest BCUT2D eigenvalue weighted by Crippen LogP contribution is -2.18. The first-order valence-electron chi connectivity index (χ1n) is 8.14. The quantitative estimate of drug-likeness (QED) is 0.156. The van der Waals surface area contributed by atoms with Crippen molar-refractivity contribution in [2.24, 2.45) is 5.41 Å². The fraction of sp³-hybridized carbons (Fsp3) is 0.526. The number of hydrogen-bond donors (Lipinski definition) is 0. The van der Waals surface area contributed by atoms with Gasteiger partial charge in [0.2, 0.25) is 0 Å². The van der Waals surface area contributed by atoms with Gasteiger partial charge in [0.25, 0.3) is 0 Å². The molecule has 1 aromatic rings. The van der Waals surface area contributed by atoms with E-state index >= 15 is 0 Å². The van der Waals surface area contributed by atoms with Gasteiger partial charge in [-0.15, -0.1) is 0 Å². The van der Waals surface area contributed by atoms with Gasteiger partial charge in [0.1, 0.15) is 0 Å². The van der Waals surface area contributed by atoms with E-state index in [1.807, 2.05) is 30.3 Å². The first kappa shape index (κ1) is 18.7. The molecule has 0 aromatic heterocycles. The Morgan fingerprint density at radius 3 is 2.27 bits per heavy atom. The third kappa shape index (κ3) is 8.83. The van der Waals surface area contributed by atoms with Crippen molar-refractivity contribution >= 4 is 14.3 Å². The number of hydroxylamine groups is 1. The molecular formula is C19H31NOSi. The van der Waals surface area contributed by atoms with Gasteiger partial charge in [0.05, 0.1) is 0 Å². The maximum absolute atomic E-state index is 12.0. The van der Waals surface area contributed by atoms with Crippen molar-refractivity contribution in [2.75, 3.05) is 0 Å². The van der Waals surface area contributed by atoms with E-state index < -0.39 is 8.07 Å². The molecule has 0 spiro atoms. The molecule has 0 amide bonds. The molecule has 1 aromatic carbocycles. The second-order valence-corrected chi connectivity index (χ2v) is 13.6. The van der Waals surface area contributed by atoms with Crippen molar-refractivity contribution in [1.82, 2.24) is 0 Å². The highest BCUT2D eigenvalue weighted by Crippen LogP contribution is 2.24. The average molecular weight is 318 g/mol. The van der Waals surface area contributed by atoms with E-state index in [1.54, 1.807) is 6.21 Å². The highest BCUT2D eigenvalue weighted by molar-refractivity contribution is 6.76. The van der Waals surface area contributed by atoms with E-state index in [1.165, 1.54) is 6.04 Å². The SMILES string of the molecule is CC(C)(C/C=[N+](\[O-])Cc1ccccc1)C/C=C/C[Si](C)(C)C. The van der Waals surface area contributed by atoms with Crippen molar-refractivity contribution < 1.29 is 4.74 Å². The third-order valence-electron chi connectivity index (χ3n) is 3.60. The van der Waals surface area contributed by atoms with Crippen LogP contribution in [0.15, 0.2) is 42.5 Å². The monoisotopic (exact) mass is 317 g/mol. The molecule has 0 radical (unpaired) electrons. The van der Waals surface area contributed by atoms with Crippen LogP contribution in [0.2, 0.25) is 25.7 Å². The van der Waals surface area contributed by atoms with Gasteiger partial charge in [0.15, 0.2) is 12.8 Å². The fourth-order valence-corrected chi connectivity index (χ4v) is 2.97. The van der Waals surface area contributed by atoms with Crippen LogP contribution in [0.4, 0.5) is 0 Å². The van der Waals surface area contributed by atoms with Gasteiger partial charge in [-0.05, 0) is 17.9 Å². The van der Waals surface area contributed by atoms with Gasteiger partial charge < -0.3 is 5.21 Å². The summed E-state index contributed by atoms with van der Waals surface area (Å²) in [7, 11) is -0.986. The van der Waals surface area contributed by atoms with Crippen LogP contribution in [0.1, 0.15) is 32.3 Å². The second-order valence-electron chi connectivity index (χ2n) is 8.05. The lowest BCUT2D eigenvalue weighted by Gasteiger charge is -2.20. The maximum Gasteiger partial charge on any atom is 0.178 e. The van der Waals surface area contributed by atoms with Gasteiger partial charge in [-0.25, -0.2) is 4.74 Å². The predicted octanol–water partition coefficient (Wildman–Crippen LogP) is 5.47. The van der Waals surface area contributed by atoms with Crippen LogP contribution in [0.25, 0.3) is 0 Å². The molecule has 2 nitrogen and oxygen atoms in total. The van der Waals surface area contributed by atoms with Crippen LogP contribution in [0, 0.1) is 10.6 Å². The summed E-state index contributed by atoms with van der Waals surface area (Å²) in [5.74, 6) is 0. The third-order valence-corrected chi connectivity index (χ3v) is 5.06.